The number of fused-ring (bicyclic) bond motifs is 1. The zero-order valence-corrected chi connectivity index (χ0v) is 9.01. The Hall–Kier alpha value is -1.02. The maximum absolute atomic E-state index is 11.9. The van der Waals surface area contributed by atoms with Gasteiger partial charge in [-0.05, 0) is 19.9 Å². The molecule has 14 heavy (non-hydrogen) atoms. The fourth-order valence-corrected chi connectivity index (χ4v) is 2.16. The average Bonchev–Trinajstić information content (AvgIpc) is 2.37. The van der Waals surface area contributed by atoms with Crippen LogP contribution in [-0.4, -0.2) is 12.5 Å². The molecule has 2 rings (SSSR count). The molecule has 0 aliphatic carbocycles. The summed E-state index contributed by atoms with van der Waals surface area (Å²) in [5.74, 6) is -0.0251. The molecule has 1 heterocycles. The summed E-state index contributed by atoms with van der Waals surface area (Å²) in [6.07, 6.45) is 0. The number of carbonyl (C=O) groups is 1. The minimum Gasteiger partial charge on any atom is -0.311 e. The first-order valence-electron chi connectivity index (χ1n) is 4.69. The number of carbonyl (C=O) groups excluding carboxylic acids is 1. The second-order valence-corrected chi connectivity index (χ2v) is 4.33. The monoisotopic (exact) mass is 209 g/mol. The molecule has 1 aromatic carbocycles. The lowest BCUT2D eigenvalue weighted by atomic mass is 10.0. The first-order valence-corrected chi connectivity index (χ1v) is 5.07. The summed E-state index contributed by atoms with van der Waals surface area (Å²) < 4.78 is 0. The summed E-state index contributed by atoms with van der Waals surface area (Å²) in [4.78, 5) is 12.8. The van der Waals surface area contributed by atoms with Crippen LogP contribution >= 0.6 is 11.6 Å². The van der Waals surface area contributed by atoms with Gasteiger partial charge in [0.15, 0.2) is 0 Å². The number of para-hydroxylation sites is 1. The molecule has 1 atom stereocenters. The number of rotatable bonds is 1. The Kier molecular flexibility index (Phi) is 2.04. The number of halogens is 1. The molecule has 0 fully saturated rings. The standard InChI is InChI=1S/C11H12ClNO/c1-3-13-9-7-5-4-6-8(9)11(2,12)10(13)14/h4-7H,3H2,1-2H3. The highest BCUT2D eigenvalue weighted by molar-refractivity contribution is 6.39. The molecule has 0 saturated heterocycles. The molecule has 1 unspecified atom stereocenters. The van der Waals surface area contributed by atoms with Gasteiger partial charge in [-0.1, -0.05) is 18.2 Å². The summed E-state index contributed by atoms with van der Waals surface area (Å²) in [5, 5.41) is 0. The van der Waals surface area contributed by atoms with Crippen molar-refractivity contribution in [1.29, 1.82) is 0 Å². The van der Waals surface area contributed by atoms with Crippen molar-refractivity contribution in [2.45, 2.75) is 18.7 Å². The zero-order valence-electron chi connectivity index (χ0n) is 8.25. The molecule has 74 valence electrons. The van der Waals surface area contributed by atoms with Crippen LogP contribution < -0.4 is 4.90 Å². The highest BCUT2D eigenvalue weighted by atomic mass is 35.5. The molecular formula is C11H12ClNO. The SMILES string of the molecule is CCN1C(=O)C(C)(Cl)c2ccccc21. The Morgan fingerprint density at radius 3 is 2.71 bits per heavy atom. The van der Waals surface area contributed by atoms with E-state index < -0.39 is 4.87 Å². The number of benzene rings is 1. The van der Waals surface area contributed by atoms with Gasteiger partial charge in [-0.15, -0.1) is 11.6 Å². The number of nitrogens with zero attached hydrogens (tertiary/aromatic N) is 1. The molecule has 3 heteroatoms. The Labute approximate surface area is 88.5 Å². The number of amides is 1. The van der Waals surface area contributed by atoms with Crippen LogP contribution in [0.1, 0.15) is 19.4 Å². The van der Waals surface area contributed by atoms with Crippen molar-refractivity contribution in [3.63, 3.8) is 0 Å². The van der Waals surface area contributed by atoms with Gasteiger partial charge in [0.2, 0.25) is 0 Å². The third kappa shape index (κ3) is 1.07. The zero-order chi connectivity index (χ0) is 10.3. The van der Waals surface area contributed by atoms with Gasteiger partial charge < -0.3 is 4.90 Å². The molecule has 1 aromatic rings. The fraction of sp³-hybridized carbons (Fsp3) is 0.364. The lowest BCUT2D eigenvalue weighted by Gasteiger charge is -2.16. The minimum atomic E-state index is -0.882. The van der Waals surface area contributed by atoms with E-state index in [1.165, 1.54) is 0 Å². The third-order valence-corrected chi connectivity index (χ3v) is 3.03. The van der Waals surface area contributed by atoms with Gasteiger partial charge in [0, 0.05) is 17.8 Å². The average molecular weight is 210 g/mol. The largest absolute Gasteiger partial charge is 0.311 e. The fourth-order valence-electron chi connectivity index (χ4n) is 1.90. The van der Waals surface area contributed by atoms with Gasteiger partial charge in [0.25, 0.3) is 5.91 Å². The summed E-state index contributed by atoms with van der Waals surface area (Å²) >= 11 is 6.23. The maximum atomic E-state index is 11.9. The minimum absolute atomic E-state index is 0.0251. The predicted octanol–water partition coefficient (Wildman–Crippen LogP) is 2.51. The normalized spacial score (nSPS) is 25.4. The molecule has 1 amide bonds. The van der Waals surface area contributed by atoms with E-state index in [0.29, 0.717) is 6.54 Å². The van der Waals surface area contributed by atoms with E-state index in [4.69, 9.17) is 11.6 Å². The highest BCUT2D eigenvalue weighted by Gasteiger charge is 2.45. The molecule has 0 N–H and O–H groups in total. The first-order chi connectivity index (χ1) is 6.59. The molecule has 2 nitrogen and oxygen atoms in total. The van der Waals surface area contributed by atoms with Crippen molar-refractivity contribution in [2.75, 3.05) is 11.4 Å². The summed E-state index contributed by atoms with van der Waals surface area (Å²) in [5.41, 5.74) is 1.85. The van der Waals surface area contributed by atoms with E-state index in [1.807, 2.05) is 31.2 Å². The van der Waals surface area contributed by atoms with Crippen LogP contribution in [0.2, 0.25) is 0 Å². The van der Waals surface area contributed by atoms with Crippen molar-refractivity contribution in [3.05, 3.63) is 29.8 Å². The van der Waals surface area contributed by atoms with Crippen LogP contribution in [-0.2, 0) is 9.67 Å². The van der Waals surface area contributed by atoms with E-state index in [1.54, 1.807) is 11.8 Å². The molecule has 1 aliphatic heterocycles. The molecule has 0 bridgehead atoms. The topological polar surface area (TPSA) is 20.3 Å². The van der Waals surface area contributed by atoms with Gasteiger partial charge in [-0.3, -0.25) is 4.79 Å². The van der Waals surface area contributed by atoms with E-state index in [2.05, 4.69) is 0 Å². The van der Waals surface area contributed by atoms with E-state index in [9.17, 15) is 4.79 Å². The van der Waals surface area contributed by atoms with Crippen LogP contribution in [0.25, 0.3) is 0 Å². The van der Waals surface area contributed by atoms with Crippen LogP contribution in [0, 0.1) is 0 Å². The quantitative estimate of drug-likeness (QED) is 0.651. The number of hydrogen-bond acceptors (Lipinski definition) is 1. The number of likely N-dealkylation sites (N-methyl/N-ethyl adjacent to an activating group) is 1. The van der Waals surface area contributed by atoms with Gasteiger partial charge in [-0.25, -0.2) is 0 Å². The van der Waals surface area contributed by atoms with Gasteiger partial charge >= 0.3 is 0 Å². The molecule has 0 saturated carbocycles. The van der Waals surface area contributed by atoms with Gasteiger partial charge in [0.05, 0.1) is 0 Å². The lowest BCUT2D eigenvalue weighted by Crippen LogP contribution is -2.34. The van der Waals surface area contributed by atoms with Gasteiger partial charge in [0.1, 0.15) is 4.87 Å². The first kappa shape index (κ1) is 9.53. The number of anilines is 1. The second kappa shape index (κ2) is 2.99. The van der Waals surface area contributed by atoms with Crippen LogP contribution in [0.5, 0.6) is 0 Å². The van der Waals surface area contributed by atoms with E-state index >= 15 is 0 Å². The van der Waals surface area contributed by atoms with Crippen molar-refractivity contribution in [2.24, 2.45) is 0 Å². The van der Waals surface area contributed by atoms with Crippen molar-refractivity contribution >= 4 is 23.2 Å². The lowest BCUT2D eigenvalue weighted by molar-refractivity contribution is -0.120. The van der Waals surface area contributed by atoms with Crippen molar-refractivity contribution < 1.29 is 4.79 Å². The van der Waals surface area contributed by atoms with E-state index in [0.717, 1.165) is 11.3 Å². The van der Waals surface area contributed by atoms with Crippen molar-refractivity contribution in [1.82, 2.24) is 0 Å². The smallest absolute Gasteiger partial charge is 0.252 e. The number of hydrogen-bond donors (Lipinski definition) is 0. The highest BCUT2D eigenvalue weighted by Crippen LogP contribution is 2.43. The van der Waals surface area contributed by atoms with E-state index in [-0.39, 0.29) is 5.91 Å². The summed E-state index contributed by atoms with van der Waals surface area (Å²) in [6, 6.07) is 7.68. The predicted molar refractivity (Wildman–Crippen MR) is 57.7 cm³/mol. The van der Waals surface area contributed by atoms with Gasteiger partial charge in [-0.2, -0.15) is 0 Å². The Balaban J connectivity index is 2.62. The second-order valence-electron chi connectivity index (χ2n) is 3.57. The van der Waals surface area contributed by atoms with Crippen LogP contribution in [0.15, 0.2) is 24.3 Å². The van der Waals surface area contributed by atoms with Crippen LogP contribution in [0.4, 0.5) is 5.69 Å². The third-order valence-electron chi connectivity index (χ3n) is 2.66. The molecule has 0 radical (unpaired) electrons. The summed E-state index contributed by atoms with van der Waals surface area (Å²) in [7, 11) is 0. The molecule has 0 aromatic heterocycles. The van der Waals surface area contributed by atoms with Crippen molar-refractivity contribution in [3.8, 4) is 0 Å². The molecule has 0 spiro atoms. The Morgan fingerprint density at radius 1 is 1.43 bits per heavy atom. The Morgan fingerprint density at radius 2 is 2.07 bits per heavy atom. The Bertz CT molecular complexity index is 387. The maximum Gasteiger partial charge on any atom is 0.252 e. The summed E-state index contributed by atoms with van der Waals surface area (Å²) in [6.45, 7) is 4.37. The number of alkyl halides is 1. The van der Waals surface area contributed by atoms with Crippen LogP contribution in [0.3, 0.4) is 0 Å². The molecule has 1 aliphatic rings. The molecular weight excluding hydrogens is 198 g/mol.